The van der Waals surface area contributed by atoms with E-state index in [4.69, 9.17) is 5.11 Å². The van der Waals surface area contributed by atoms with Gasteiger partial charge in [-0.2, -0.15) is 0 Å². The maximum atomic E-state index is 8.89. The van der Waals surface area contributed by atoms with Crippen LogP contribution < -0.4 is 0 Å². The zero-order chi connectivity index (χ0) is 9.52. The molecule has 1 aromatic rings. The van der Waals surface area contributed by atoms with Gasteiger partial charge >= 0.3 is 0 Å². The van der Waals surface area contributed by atoms with Crippen LogP contribution in [0.5, 0.6) is 0 Å². The summed E-state index contributed by atoms with van der Waals surface area (Å²) >= 11 is 0. The fourth-order valence-electron chi connectivity index (χ4n) is 1.01. The molecule has 0 saturated heterocycles. The normalized spacial score (nSPS) is 13.4. The SMILES string of the molecule is CC[C@@H](CO)N=Cc1ccccc1. The average Bonchev–Trinajstić information content (AvgIpc) is 2.21. The number of hydrogen-bond donors (Lipinski definition) is 1. The second-order valence-corrected chi connectivity index (χ2v) is 2.93. The van der Waals surface area contributed by atoms with Crippen molar-refractivity contribution in [2.45, 2.75) is 19.4 Å². The highest BCUT2D eigenvalue weighted by molar-refractivity contribution is 5.79. The predicted octanol–water partition coefficient (Wildman–Crippen LogP) is 1.88. The Kier molecular flexibility index (Phi) is 4.19. The van der Waals surface area contributed by atoms with E-state index < -0.39 is 0 Å². The largest absolute Gasteiger partial charge is 0.394 e. The number of nitrogens with zero attached hydrogens (tertiary/aromatic N) is 1. The third-order valence-corrected chi connectivity index (χ3v) is 1.92. The number of benzene rings is 1. The number of rotatable bonds is 4. The number of aliphatic imine (C=N–C) groups is 1. The lowest BCUT2D eigenvalue weighted by molar-refractivity contribution is 0.264. The molecule has 0 radical (unpaired) electrons. The molecule has 0 bridgehead atoms. The lowest BCUT2D eigenvalue weighted by Crippen LogP contribution is -2.08. The molecule has 0 spiro atoms. The second kappa shape index (κ2) is 5.49. The van der Waals surface area contributed by atoms with Crippen LogP contribution in [0.15, 0.2) is 35.3 Å². The average molecular weight is 177 g/mol. The standard InChI is InChI=1S/C11H15NO/c1-2-11(9-13)12-8-10-6-4-3-5-7-10/h3-8,11,13H,2,9H2,1H3/t11-/m0/s1. The van der Waals surface area contributed by atoms with E-state index in [1.165, 1.54) is 0 Å². The summed E-state index contributed by atoms with van der Waals surface area (Å²) in [7, 11) is 0. The Bertz CT molecular complexity index is 252. The van der Waals surface area contributed by atoms with Crippen LogP contribution in [0, 0.1) is 0 Å². The third-order valence-electron chi connectivity index (χ3n) is 1.92. The van der Waals surface area contributed by atoms with Gasteiger partial charge in [-0.15, -0.1) is 0 Å². The first kappa shape index (κ1) is 9.93. The Labute approximate surface area is 78.9 Å². The monoisotopic (exact) mass is 177 g/mol. The van der Waals surface area contributed by atoms with Crippen molar-refractivity contribution >= 4 is 6.21 Å². The van der Waals surface area contributed by atoms with Crippen molar-refractivity contribution in [1.82, 2.24) is 0 Å². The number of hydrogen-bond acceptors (Lipinski definition) is 2. The molecule has 0 aliphatic rings. The Balaban J connectivity index is 2.57. The summed E-state index contributed by atoms with van der Waals surface area (Å²) < 4.78 is 0. The highest BCUT2D eigenvalue weighted by Gasteiger charge is 1.98. The Morgan fingerprint density at radius 3 is 2.62 bits per heavy atom. The zero-order valence-electron chi connectivity index (χ0n) is 7.85. The summed E-state index contributed by atoms with van der Waals surface area (Å²) in [5.74, 6) is 0. The number of aliphatic hydroxyl groups excluding tert-OH is 1. The van der Waals surface area contributed by atoms with E-state index in [0.717, 1.165) is 12.0 Å². The molecule has 13 heavy (non-hydrogen) atoms. The summed E-state index contributed by atoms with van der Waals surface area (Å²) in [6.07, 6.45) is 2.68. The minimum Gasteiger partial charge on any atom is -0.394 e. The van der Waals surface area contributed by atoms with Gasteiger partial charge in [0.1, 0.15) is 0 Å². The molecule has 70 valence electrons. The van der Waals surface area contributed by atoms with Crippen LogP contribution >= 0.6 is 0 Å². The molecule has 2 heteroatoms. The number of aliphatic hydroxyl groups is 1. The maximum absolute atomic E-state index is 8.89. The molecule has 1 rings (SSSR count). The van der Waals surface area contributed by atoms with Crippen molar-refractivity contribution in [3.05, 3.63) is 35.9 Å². The molecule has 0 aromatic heterocycles. The molecular formula is C11H15NO. The van der Waals surface area contributed by atoms with Crippen LogP contribution in [0.25, 0.3) is 0 Å². The topological polar surface area (TPSA) is 32.6 Å². The molecule has 0 unspecified atom stereocenters. The molecule has 0 aliphatic carbocycles. The first-order valence-corrected chi connectivity index (χ1v) is 4.56. The summed E-state index contributed by atoms with van der Waals surface area (Å²) in [5, 5.41) is 8.89. The van der Waals surface area contributed by atoms with Crippen molar-refractivity contribution in [2.24, 2.45) is 4.99 Å². The first-order valence-electron chi connectivity index (χ1n) is 4.56. The van der Waals surface area contributed by atoms with Crippen molar-refractivity contribution in [3.63, 3.8) is 0 Å². The van der Waals surface area contributed by atoms with Gasteiger partial charge in [-0.05, 0) is 12.0 Å². The van der Waals surface area contributed by atoms with Gasteiger partial charge in [0, 0.05) is 6.21 Å². The Hall–Kier alpha value is -1.15. The molecule has 0 amide bonds. The predicted molar refractivity (Wildman–Crippen MR) is 55.2 cm³/mol. The molecule has 0 aliphatic heterocycles. The fourth-order valence-corrected chi connectivity index (χ4v) is 1.01. The van der Waals surface area contributed by atoms with Crippen LogP contribution in [0.1, 0.15) is 18.9 Å². The van der Waals surface area contributed by atoms with E-state index in [0.29, 0.717) is 0 Å². The van der Waals surface area contributed by atoms with Crippen LogP contribution in [-0.2, 0) is 0 Å². The van der Waals surface area contributed by atoms with Crippen LogP contribution in [0.2, 0.25) is 0 Å². The zero-order valence-corrected chi connectivity index (χ0v) is 7.85. The van der Waals surface area contributed by atoms with Crippen molar-refractivity contribution < 1.29 is 5.11 Å². The third kappa shape index (κ3) is 3.38. The summed E-state index contributed by atoms with van der Waals surface area (Å²) in [6, 6.07) is 9.95. The molecular weight excluding hydrogens is 162 g/mol. The Morgan fingerprint density at radius 2 is 2.08 bits per heavy atom. The van der Waals surface area contributed by atoms with Gasteiger partial charge in [-0.25, -0.2) is 0 Å². The molecule has 0 heterocycles. The summed E-state index contributed by atoms with van der Waals surface area (Å²) in [4.78, 5) is 4.26. The van der Waals surface area contributed by atoms with Gasteiger partial charge in [0.15, 0.2) is 0 Å². The van der Waals surface area contributed by atoms with Gasteiger partial charge < -0.3 is 5.11 Å². The van der Waals surface area contributed by atoms with Crippen molar-refractivity contribution in [3.8, 4) is 0 Å². The van der Waals surface area contributed by atoms with E-state index in [-0.39, 0.29) is 12.6 Å². The van der Waals surface area contributed by atoms with Gasteiger partial charge in [0.25, 0.3) is 0 Å². The van der Waals surface area contributed by atoms with Gasteiger partial charge in [-0.1, -0.05) is 37.3 Å². The minimum atomic E-state index is 0.0419. The molecule has 2 nitrogen and oxygen atoms in total. The van der Waals surface area contributed by atoms with E-state index in [1.54, 1.807) is 0 Å². The quantitative estimate of drug-likeness (QED) is 0.700. The Morgan fingerprint density at radius 1 is 1.38 bits per heavy atom. The lowest BCUT2D eigenvalue weighted by Gasteiger charge is -2.03. The van der Waals surface area contributed by atoms with Crippen LogP contribution in [0.4, 0.5) is 0 Å². The molecule has 1 aromatic carbocycles. The maximum Gasteiger partial charge on any atom is 0.0727 e. The first-order chi connectivity index (χ1) is 6.36. The smallest absolute Gasteiger partial charge is 0.0727 e. The molecule has 1 atom stereocenters. The van der Waals surface area contributed by atoms with Gasteiger partial charge in [0.05, 0.1) is 12.6 Å². The van der Waals surface area contributed by atoms with E-state index in [1.807, 2.05) is 43.5 Å². The van der Waals surface area contributed by atoms with Crippen LogP contribution in [0.3, 0.4) is 0 Å². The van der Waals surface area contributed by atoms with E-state index >= 15 is 0 Å². The van der Waals surface area contributed by atoms with Gasteiger partial charge in [0.2, 0.25) is 0 Å². The highest BCUT2D eigenvalue weighted by atomic mass is 16.3. The van der Waals surface area contributed by atoms with Crippen molar-refractivity contribution in [2.75, 3.05) is 6.61 Å². The lowest BCUT2D eigenvalue weighted by atomic mass is 10.2. The summed E-state index contributed by atoms with van der Waals surface area (Å²) in [6.45, 7) is 2.14. The fraction of sp³-hybridized carbons (Fsp3) is 0.364. The van der Waals surface area contributed by atoms with Crippen LogP contribution in [-0.4, -0.2) is 24.0 Å². The second-order valence-electron chi connectivity index (χ2n) is 2.93. The van der Waals surface area contributed by atoms with Gasteiger partial charge in [-0.3, -0.25) is 4.99 Å². The molecule has 0 saturated carbocycles. The highest BCUT2D eigenvalue weighted by Crippen LogP contribution is 1.98. The van der Waals surface area contributed by atoms with E-state index in [9.17, 15) is 0 Å². The summed E-state index contributed by atoms with van der Waals surface area (Å²) in [5.41, 5.74) is 1.08. The molecule has 1 N–H and O–H groups in total. The minimum absolute atomic E-state index is 0.0419. The van der Waals surface area contributed by atoms with E-state index in [2.05, 4.69) is 4.99 Å². The van der Waals surface area contributed by atoms with Crippen molar-refractivity contribution in [1.29, 1.82) is 0 Å². The molecule has 0 fully saturated rings.